The third-order valence-corrected chi connectivity index (χ3v) is 1.97. The molecule has 0 radical (unpaired) electrons. The molecule has 1 atom stereocenters. The van der Waals surface area contributed by atoms with Crippen LogP contribution < -0.4 is 5.32 Å². The Morgan fingerprint density at radius 2 is 2.33 bits per heavy atom. The first-order valence-corrected chi connectivity index (χ1v) is 4.64. The van der Waals surface area contributed by atoms with Crippen LogP contribution >= 0.6 is 0 Å². The molecule has 15 heavy (non-hydrogen) atoms. The Bertz CT molecular complexity index is 312. The Balaban J connectivity index is 4.75. The van der Waals surface area contributed by atoms with Gasteiger partial charge in [0.1, 0.15) is 5.84 Å². The number of allylic oxidation sites excluding steroid dienone is 2. The van der Waals surface area contributed by atoms with Gasteiger partial charge in [0.25, 0.3) is 0 Å². The van der Waals surface area contributed by atoms with Crippen molar-refractivity contribution in [3.8, 4) is 6.07 Å². The Morgan fingerprint density at radius 3 is 2.73 bits per heavy atom. The van der Waals surface area contributed by atoms with E-state index in [9.17, 15) is 0 Å². The summed E-state index contributed by atoms with van der Waals surface area (Å²) in [6.45, 7) is 5.47. The van der Waals surface area contributed by atoms with Gasteiger partial charge in [0.2, 0.25) is 0 Å². The summed E-state index contributed by atoms with van der Waals surface area (Å²) >= 11 is 0. The van der Waals surface area contributed by atoms with E-state index in [2.05, 4.69) is 11.9 Å². The van der Waals surface area contributed by atoms with Crippen LogP contribution in [0.1, 0.15) is 13.3 Å². The number of ether oxygens (including phenoxy) is 1. The molecule has 4 heteroatoms. The molecule has 0 aliphatic carbocycles. The van der Waals surface area contributed by atoms with Crippen LogP contribution in [0.15, 0.2) is 23.8 Å². The Morgan fingerprint density at radius 1 is 1.73 bits per heavy atom. The smallest absolute Gasteiger partial charge is 0.121 e. The number of rotatable bonds is 5. The van der Waals surface area contributed by atoms with Crippen LogP contribution in [0.3, 0.4) is 0 Å². The van der Waals surface area contributed by atoms with E-state index in [1.165, 1.54) is 0 Å². The van der Waals surface area contributed by atoms with Crippen molar-refractivity contribution in [2.75, 3.05) is 14.2 Å². The molecule has 0 amide bonds. The number of likely N-dealkylation sites (N-methyl/N-ethyl adjacent to an activating group) is 1. The molecule has 0 aromatic carbocycles. The third-order valence-electron chi connectivity index (χ3n) is 1.97. The molecule has 2 N–H and O–H groups in total. The summed E-state index contributed by atoms with van der Waals surface area (Å²) in [4.78, 5) is 0. The molecule has 4 nitrogen and oxygen atoms in total. The van der Waals surface area contributed by atoms with Crippen molar-refractivity contribution in [3.05, 3.63) is 23.8 Å². The fraction of sp³-hybridized carbons (Fsp3) is 0.455. The zero-order valence-corrected chi connectivity index (χ0v) is 9.42. The van der Waals surface area contributed by atoms with Crippen molar-refractivity contribution in [2.45, 2.75) is 19.4 Å². The monoisotopic (exact) mass is 207 g/mol. The minimum Gasteiger partial charge on any atom is -0.381 e. The van der Waals surface area contributed by atoms with Crippen LogP contribution in [0.2, 0.25) is 0 Å². The lowest BCUT2D eigenvalue weighted by atomic mass is 10.1. The summed E-state index contributed by atoms with van der Waals surface area (Å²) in [5, 5.41) is 19.0. The fourth-order valence-electron chi connectivity index (χ4n) is 1.03. The molecule has 0 bridgehead atoms. The molecular weight excluding hydrogens is 190 g/mol. The maximum Gasteiger partial charge on any atom is 0.121 e. The number of nitrogens with one attached hydrogen (secondary N) is 2. The van der Waals surface area contributed by atoms with Crippen molar-refractivity contribution in [1.82, 2.24) is 5.32 Å². The highest BCUT2D eigenvalue weighted by Gasteiger charge is 2.09. The van der Waals surface area contributed by atoms with Gasteiger partial charge in [-0.1, -0.05) is 6.58 Å². The van der Waals surface area contributed by atoms with Crippen molar-refractivity contribution in [1.29, 1.82) is 10.7 Å². The van der Waals surface area contributed by atoms with E-state index in [1.54, 1.807) is 20.2 Å². The van der Waals surface area contributed by atoms with E-state index in [0.29, 0.717) is 12.0 Å². The molecule has 0 aromatic heterocycles. The van der Waals surface area contributed by atoms with Crippen LogP contribution in [0.25, 0.3) is 0 Å². The highest BCUT2D eigenvalue weighted by Crippen LogP contribution is 2.10. The number of nitrogens with zero attached hydrogens (tertiary/aromatic N) is 1. The molecule has 1 unspecified atom stereocenters. The first kappa shape index (κ1) is 13.4. The van der Waals surface area contributed by atoms with Gasteiger partial charge >= 0.3 is 0 Å². The minimum atomic E-state index is 0.0106. The minimum absolute atomic E-state index is 0.0106. The average Bonchev–Trinajstić information content (AvgIpc) is 2.26. The van der Waals surface area contributed by atoms with E-state index >= 15 is 0 Å². The lowest BCUT2D eigenvalue weighted by molar-refractivity contribution is 0.120. The first-order valence-electron chi connectivity index (χ1n) is 4.64. The van der Waals surface area contributed by atoms with Crippen LogP contribution in [-0.2, 0) is 4.74 Å². The molecule has 0 saturated heterocycles. The normalized spacial score (nSPS) is 12.8. The zero-order valence-electron chi connectivity index (χ0n) is 9.42. The molecule has 0 saturated carbocycles. The van der Waals surface area contributed by atoms with Gasteiger partial charge in [0.05, 0.1) is 12.2 Å². The van der Waals surface area contributed by atoms with Gasteiger partial charge < -0.3 is 10.1 Å². The summed E-state index contributed by atoms with van der Waals surface area (Å²) in [5.74, 6) is 0.287. The predicted octanol–water partition coefficient (Wildman–Crippen LogP) is 1.61. The maximum atomic E-state index is 8.61. The molecule has 0 spiro atoms. The highest BCUT2D eigenvalue weighted by molar-refractivity contribution is 5.96. The lowest BCUT2D eigenvalue weighted by Crippen LogP contribution is -2.22. The molecule has 0 aromatic rings. The van der Waals surface area contributed by atoms with E-state index in [-0.39, 0.29) is 11.9 Å². The summed E-state index contributed by atoms with van der Waals surface area (Å²) in [6, 6.07) is 1.93. The summed E-state index contributed by atoms with van der Waals surface area (Å²) < 4.78 is 5.11. The van der Waals surface area contributed by atoms with E-state index < -0.39 is 0 Å². The summed E-state index contributed by atoms with van der Waals surface area (Å²) in [5.41, 5.74) is 1.06. The van der Waals surface area contributed by atoms with Crippen LogP contribution in [0, 0.1) is 16.7 Å². The number of amidine groups is 1. The van der Waals surface area contributed by atoms with E-state index in [4.69, 9.17) is 15.4 Å². The molecular formula is C11H17N3O. The van der Waals surface area contributed by atoms with Crippen LogP contribution in [-0.4, -0.2) is 26.1 Å². The van der Waals surface area contributed by atoms with Gasteiger partial charge in [0.15, 0.2) is 0 Å². The summed E-state index contributed by atoms with van der Waals surface area (Å²) in [6.07, 6.45) is 2.20. The van der Waals surface area contributed by atoms with Crippen LogP contribution in [0.4, 0.5) is 0 Å². The van der Waals surface area contributed by atoms with Crippen LogP contribution in [0.5, 0.6) is 0 Å². The van der Waals surface area contributed by atoms with Gasteiger partial charge in [-0.2, -0.15) is 5.26 Å². The molecule has 0 heterocycles. The topological polar surface area (TPSA) is 68.9 Å². The van der Waals surface area contributed by atoms with Crippen molar-refractivity contribution in [3.63, 3.8) is 0 Å². The van der Waals surface area contributed by atoms with Crippen molar-refractivity contribution >= 4 is 5.84 Å². The van der Waals surface area contributed by atoms with Gasteiger partial charge in [-0.3, -0.25) is 5.41 Å². The Labute approximate surface area is 90.8 Å². The Hall–Kier alpha value is -1.60. The average molecular weight is 207 g/mol. The van der Waals surface area contributed by atoms with Gasteiger partial charge in [-0.25, -0.2) is 0 Å². The molecule has 0 fully saturated rings. The SMILES string of the molecule is C=C(C#N)/C=C(\CC(C)OC)C(=N)NC. The number of methoxy groups -OCH3 is 1. The number of nitriles is 1. The maximum absolute atomic E-state index is 8.61. The number of hydrogen-bond donors (Lipinski definition) is 2. The predicted molar refractivity (Wildman–Crippen MR) is 60.7 cm³/mol. The second-order valence-corrected chi connectivity index (χ2v) is 3.18. The van der Waals surface area contributed by atoms with Gasteiger partial charge in [0, 0.05) is 26.2 Å². The second-order valence-electron chi connectivity index (χ2n) is 3.18. The van der Waals surface area contributed by atoms with Gasteiger partial charge in [-0.15, -0.1) is 0 Å². The Kier molecular flexibility index (Phi) is 6.07. The van der Waals surface area contributed by atoms with Crippen molar-refractivity contribution < 1.29 is 4.74 Å². The zero-order chi connectivity index (χ0) is 11.8. The molecule has 0 aliphatic rings. The van der Waals surface area contributed by atoms with E-state index in [0.717, 1.165) is 5.57 Å². The number of hydrogen-bond acceptors (Lipinski definition) is 3. The summed E-state index contributed by atoms with van der Waals surface area (Å²) in [7, 11) is 3.28. The first-order chi connectivity index (χ1) is 7.04. The van der Waals surface area contributed by atoms with E-state index in [1.807, 2.05) is 13.0 Å². The van der Waals surface area contributed by atoms with Gasteiger partial charge in [-0.05, 0) is 18.6 Å². The second kappa shape index (κ2) is 6.80. The van der Waals surface area contributed by atoms with Crippen molar-refractivity contribution in [2.24, 2.45) is 0 Å². The quantitative estimate of drug-likeness (QED) is 0.311. The highest BCUT2D eigenvalue weighted by atomic mass is 16.5. The standard InChI is InChI=1S/C11H17N3O/c1-8(7-12)5-10(11(13)14-3)6-9(2)15-4/h5,9H,1,6H2,2-4H3,(H2,13,14)/b10-5+. The lowest BCUT2D eigenvalue weighted by Gasteiger charge is -2.13. The molecule has 82 valence electrons. The molecule has 0 rings (SSSR count). The third kappa shape index (κ3) is 4.99. The largest absolute Gasteiger partial charge is 0.381 e. The molecule has 0 aliphatic heterocycles. The fourth-order valence-corrected chi connectivity index (χ4v) is 1.03.